The van der Waals surface area contributed by atoms with Crippen LogP contribution in [0.5, 0.6) is 0 Å². The average molecular weight is 422 g/mol. The number of nitrogens with zero attached hydrogens (tertiary/aromatic N) is 2. The molecule has 3 rings (SSSR count). The van der Waals surface area contributed by atoms with Gasteiger partial charge in [0.05, 0.1) is 4.90 Å². The summed E-state index contributed by atoms with van der Waals surface area (Å²) in [5.41, 5.74) is 0.524. The van der Waals surface area contributed by atoms with E-state index in [2.05, 4.69) is 23.5 Å². The maximum atomic E-state index is 12.7. The third-order valence-corrected chi connectivity index (χ3v) is 7.40. The summed E-state index contributed by atoms with van der Waals surface area (Å²) in [5, 5.41) is 1.97. The lowest BCUT2D eigenvalue weighted by Crippen LogP contribution is -2.50. The van der Waals surface area contributed by atoms with E-state index in [1.54, 1.807) is 23.5 Å². The molecule has 1 aromatic carbocycles. The van der Waals surface area contributed by atoms with E-state index >= 15 is 0 Å². The maximum absolute atomic E-state index is 12.7. The van der Waals surface area contributed by atoms with Gasteiger partial charge in [0.25, 0.3) is 5.91 Å². The fourth-order valence-corrected chi connectivity index (χ4v) is 4.99. The number of carbonyl (C=O) groups is 1. The molecule has 8 heteroatoms. The minimum atomic E-state index is -3.57. The standard InChI is InChI=1S/C20H27N3O3S2/c1-16(2)22-11-13-23(14-12-22)20(24)17-5-7-19(8-6-17)28(25,26)21-10-9-18-4-3-15-27-18/h3-8,15-16,21H,9-14H2,1-2H3. The summed E-state index contributed by atoms with van der Waals surface area (Å²) in [6, 6.07) is 10.6. The highest BCUT2D eigenvalue weighted by atomic mass is 32.2. The molecular weight excluding hydrogens is 394 g/mol. The van der Waals surface area contributed by atoms with Crippen LogP contribution in [-0.2, 0) is 16.4 Å². The molecule has 0 atom stereocenters. The number of carbonyl (C=O) groups excluding carboxylic acids is 1. The molecule has 0 saturated carbocycles. The van der Waals surface area contributed by atoms with E-state index in [1.807, 2.05) is 22.4 Å². The zero-order valence-corrected chi connectivity index (χ0v) is 17.9. The molecule has 1 aliphatic heterocycles. The van der Waals surface area contributed by atoms with Crippen molar-refractivity contribution in [3.63, 3.8) is 0 Å². The minimum Gasteiger partial charge on any atom is -0.336 e. The van der Waals surface area contributed by atoms with Gasteiger partial charge in [-0.3, -0.25) is 9.69 Å². The number of thiophene rings is 1. The maximum Gasteiger partial charge on any atom is 0.253 e. The Balaban J connectivity index is 1.57. The summed E-state index contributed by atoms with van der Waals surface area (Å²) in [5.74, 6) is -0.0435. The van der Waals surface area contributed by atoms with Crippen molar-refractivity contribution in [2.24, 2.45) is 0 Å². The molecule has 1 N–H and O–H groups in total. The Morgan fingerprint density at radius 2 is 1.79 bits per heavy atom. The number of hydrogen-bond donors (Lipinski definition) is 1. The van der Waals surface area contributed by atoms with Gasteiger partial charge in [0.2, 0.25) is 10.0 Å². The van der Waals surface area contributed by atoms with Crippen LogP contribution in [0.25, 0.3) is 0 Å². The molecule has 2 aromatic rings. The Hall–Kier alpha value is -1.74. The van der Waals surface area contributed by atoms with Gasteiger partial charge in [0, 0.05) is 49.2 Å². The quantitative estimate of drug-likeness (QED) is 0.746. The lowest BCUT2D eigenvalue weighted by atomic mass is 10.1. The van der Waals surface area contributed by atoms with E-state index in [-0.39, 0.29) is 10.8 Å². The van der Waals surface area contributed by atoms with Crippen LogP contribution in [0.2, 0.25) is 0 Å². The number of benzene rings is 1. The first-order valence-corrected chi connectivity index (χ1v) is 11.9. The van der Waals surface area contributed by atoms with Crippen molar-refractivity contribution in [3.8, 4) is 0 Å². The van der Waals surface area contributed by atoms with Crippen LogP contribution < -0.4 is 4.72 Å². The van der Waals surface area contributed by atoms with E-state index < -0.39 is 10.0 Å². The first kappa shape index (κ1) is 21.0. The topological polar surface area (TPSA) is 69.7 Å². The first-order valence-electron chi connectivity index (χ1n) is 9.52. The molecular formula is C20H27N3O3S2. The summed E-state index contributed by atoms with van der Waals surface area (Å²) in [6.45, 7) is 7.79. The molecule has 1 fully saturated rings. The Kier molecular flexibility index (Phi) is 6.87. The van der Waals surface area contributed by atoms with Crippen molar-refractivity contribution in [1.82, 2.24) is 14.5 Å². The number of amides is 1. The summed E-state index contributed by atoms with van der Waals surface area (Å²) < 4.78 is 27.5. The number of hydrogen-bond acceptors (Lipinski definition) is 5. The third kappa shape index (κ3) is 5.20. The van der Waals surface area contributed by atoms with Crippen molar-refractivity contribution in [1.29, 1.82) is 0 Å². The van der Waals surface area contributed by atoms with Crippen molar-refractivity contribution in [3.05, 3.63) is 52.2 Å². The molecule has 152 valence electrons. The zero-order chi connectivity index (χ0) is 20.1. The molecule has 6 nitrogen and oxygen atoms in total. The van der Waals surface area contributed by atoms with Gasteiger partial charge in [0.1, 0.15) is 0 Å². The van der Waals surface area contributed by atoms with Crippen molar-refractivity contribution in [2.75, 3.05) is 32.7 Å². The van der Waals surface area contributed by atoms with Gasteiger partial charge in [-0.2, -0.15) is 0 Å². The molecule has 2 heterocycles. The number of nitrogens with one attached hydrogen (secondary N) is 1. The fourth-order valence-electron chi connectivity index (χ4n) is 3.25. The van der Waals surface area contributed by atoms with Crippen LogP contribution in [0.3, 0.4) is 0 Å². The molecule has 0 aliphatic carbocycles. The van der Waals surface area contributed by atoms with Gasteiger partial charge in [-0.15, -0.1) is 11.3 Å². The number of piperazine rings is 1. The third-order valence-electron chi connectivity index (χ3n) is 4.99. The van der Waals surface area contributed by atoms with Crippen LogP contribution in [0.4, 0.5) is 0 Å². The van der Waals surface area contributed by atoms with Crippen LogP contribution in [0, 0.1) is 0 Å². The van der Waals surface area contributed by atoms with Gasteiger partial charge < -0.3 is 4.90 Å². The molecule has 1 aromatic heterocycles. The van der Waals surface area contributed by atoms with E-state index in [0.29, 0.717) is 37.7 Å². The van der Waals surface area contributed by atoms with Crippen LogP contribution in [0.15, 0.2) is 46.7 Å². The van der Waals surface area contributed by atoms with Crippen molar-refractivity contribution >= 4 is 27.3 Å². The molecule has 0 spiro atoms. The highest BCUT2D eigenvalue weighted by Crippen LogP contribution is 2.15. The lowest BCUT2D eigenvalue weighted by Gasteiger charge is -2.37. The molecule has 1 aliphatic rings. The second-order valence-corrected chi connectivity index (χ2v) is 9.97. The van der Waals surface area contributed by atoms with Crippen LogP contribution in [0.1, 0.15) is 29.1 Å². The van der Waals surface area contributed by atoms with Gasteiger partial charge in [-0.1, -0.05) is 6.07 Å². The molecule has 1 amide bonds. The summed E-state index contributed by atoms with van der Waals surface area (Å²) in [6.07, 6.45) is 0.663. The van der Waals surface area contributed by atoms with Gasteiger partial charge in [-0.25, -0.2) is 13.1 Å². The predicted octanol–water partition coefficient (Wildman–Crippen LogP) is 2.44. The van der Waals surface area contributed by atoms with E-state index in [0.717, 1.165) is 18.0 Å². The summed E-state index contributed by atoms with van der Waals surface area (Å²) >= 11 is 1.61. The van der Waals surface area contributed by atoms with Crippen molar-refractivity contribution < 1.29 is 13.2 Å². The number of sulfonamides is 1. The van der Waals surface area contributed by atoms with Crippen molar-refractivity contribution in [2.45, 2.75) is 31.2 Å². The highest BCUT2D eigenvalue weighted by molar-refractivity contribution is 7.89. The monoisotopic (exact) mass is 421 g/mol. The van der Waals surface area contributed by atoms with Gasteiger partial charge >= 0.3 is 0 Å². The zero-order valence-electron chi connectivity index (χ0n) is 16.3. The van der Waals surface area contributed by atoms with Crippen LogP contribution in [-0.4, -0.2) is 62.9 Å². The second kappa shape index (κ2) is 9.17. The second-order valence-electron chi connectivity index (χ2n) is 7.17. The SMILES string of the molecule is CC(C)N1CCN(C(=O)c2ccc(S(=O)(=O)NCCc3cccs3)cc2)CC1. The lowest BCUT2D eigenvalue weighted by molar-refractivity contribution is 0.0595. The fraction of sp³-hybridized carbons (Fsp3) is 0.450. The van der Waals surface area contributed by atoms with E-state index in [9.17, 15) is 13.2 Å². The molecule has 1 saturated heterocycles. The van der Waals surface area contributed by atoms with Gasteiger partial charge in [0.15, 0.2) is 0 Å². The molecule has 0 unspecified atom stereocenters. The Bertz CT molecular complexity index is 870. The number of rotatable bonds is 7. The Labute approximate surface area is 171 Å². The Morgan fingerprint density at radius 3 is 2.36 bits per heavy atom. The molecule has 0 bridgehead atoms. The smallest absolute Gasteiger partial charge is 0.253 e. The van der Waals surface area contributed by atoms with Crippen LogP contribution >= 0.6 is 11.3 Å². The average Bonchev–Trinajstić information content (AvgIpc) is 3.21. The first-order chi connectivity index (χ1) is 13.4. The molecule has 0 radical (unpaired) electrons. The molecule has 28 heavy (non-hydrogen) atoms. The normalized spacial score (nSPS) is 15.9. The summed E-state index contributed by atoms with van der Waals surface area (Å²) in [7, 11) is -3.57. The summed E-state index contributed by atoms with van der Waals surface area (Å²) in [4.78, 5) is 18.2. The van der Waals surface area contributed by atoms with Gasteiger partial charge in [-0.05, 0) is 56.0 Å². The highest BCUT2D eigenvalue weighted by Gasteiger charge is 2.23. The van der Waals surface area contributed by atoms with E-state index in [4.69, 9.17) is 0 Å². The predicted molar refractivity (Wildman–Crippen MR) is 112 cm³/mol. The van der Waals surface area contributed by atoms with E-state index in [1.165, 1.54) is 12.1 Å². The largest absolute Gasteiger partial charge is 0.336 e. The Morgan fingerprint density at radius 1 is 1.11 bits per heavy atom. The minimum absolute atomic E-state index is 0.0435.